The van der Waals surface area contributed by atoms with Gasteiger partial charge >= 0.3 is 6.03 Å². The van der Waals surface area contributed by atoms with Crippen LogP contribution in [-0.2, 0) is 0 Å². The molecule has 0 unspecified atom stereocenters. The Morgan fingerprint density at radius 2 is 2.06 bits per heavy atom. The molecule has 0 aromatic heterocycles. The molecule has 0 atom stereocenters. The number of carbonyl (C=O) groups excluding carboxylic acids is 1. The molecule has 0 aliphatic rings. The number of benzene rings is 1. The molecular formula is C12H17FN2O. The van der Waals surface area contributed by atoms with Crippen molar-refractivity contribution < 1.29 is 9.18 Å². The number of hydrogen-bond acceptors (Lipinski definition) is 1. The summed E-state index contributed by atoms with van der Waals surface area (Å²) in [4.78, 5) is 11.3. The molecule has 0 radical (unpaired) electrons. The molecule has 1 rings (SSSR count). The summed E-state index contributed by atoms with van der Waals surface area (Å²) < 4.78 is 13.2. The number of hydrogen-bond donors (Lipinski definition) is 2. The number of halogens is 1. The van der Waals surface area contributed by atoms with E-state index < -0.39 is 5.82 Å². The highest BCUT2D eigenvalue weighted by Crippen LogP contribution is 2.11. The van der Waals surface area contributed by atoms with E-state index in [0.717, 1.165) is 19.3 Å². The molecule has 0 saturated carbocycles. The first-order chi connectivity index (χ1) is 7.74. The molecule has 3 nitrogen and oxygen atoms in total. The van der Waals surface area contributed by atoms with Crippen molar-refractivity contribution in [3.8, 4) is 0 Å². The summed E-state index contributed by atoms with van der Waals surface area (Å²) in [5.41, 5.74) is 0.204. The second kappa shape index (κ2) is 6.82. The monoisotopic (exact) mass is 224 g/mol. The number of rotatable bonds is 5. The third-order valence-electron chi connectivity index (χ3n) is 2.19. The van der Waals surface area contributed by atoms with E-state index >= 15 is 0 Å². The number of anilines is 1. The van der Waals surface area contributed by atoms with Gasteiger partial charge in [-0.2, -0.15) is 0 Å². The molecule has 0 heterocycles. The minimum atomic E-state index is -0.425. The van der Waals surface area contributed by atoms with Gasteiger partial charge in [0.25, 0.3) is 0 Å². The minimum absolute atomic E-state index is 0.204. The Hall–Kier alpha value is -1.58. The molecule has 0 fully saturated rings. The van der Waals surface area contributed by atoms with Gasteiger partial charge in [0, 0.05) is 6.54 Å². The summed E-state index contributed by atoms with van der Waals surface area (Å²) >= 11 is 0. The number of para-hydroxylation sites is 1. The molecule has 0 aliphatic carbocycles. The molecule has 0 spiro atoms. The number of nitrogens with one attached hydrogen (secondary N) is 2. The molecule has 88 valence electrons. The Morgan fingerprint density at radius 3 is 2.75 bits per heavy atom. The van der Waals surface area contributed by atoms with Crippen LogP contribution in [0.1, 0.15) is 26.2 Å². The normalized spacial score (nSPS) is 9.88. The molecule has 4 heteroatoms. The SMILES string of the molecule is CCCCCNC(=O)Nc1ccccc1F. The van der Waals surface area contributed by atoms with Crippen molar-refractivity contribution in [2.45, 2.75) is 26.2 Å². The summed E-state index contributed by atoms with van der Waals surface area (Å²) in [6, 6.07) is 5.74. The molecule has 0 bridgehead atoms. The van der Waals surface area contributed by atoms with Crippen molar-refractivity contribution in [3.05, 3.63) is 30.1 Å². The van der Waals surface area contributed by atoms with Crippen LogP contribution in [0.3, 0.4) is 0 Å². The van der Waals surface area contributed by atoms with Crippen LogP contribution in [-0.4, -0.2) is 12.6 Å². The zero-order valence-corrected chi connectivity index (χ0v) is 9.42. The molecular weight excluding hydrogens is 207 g/mol. The van der Waals surface area contributed by atoms with Crippen molar-refractivity contribution in [2.24, 2.45) is 0 Å². The van der Waals surface area contributed by atoms with E-state index in [1.54, 1.807) is 12.1 Å². The van der Waals surface area contributed by atoms with Crippen LogP contribution in [0.15, 0.2) is 24.3 Å². The van der Waals surface area contributed by atoms with Crippen LogP contribution in [0.4, 0.5) is 14.9 Å². The lowest BCUT2D eigenvalue weighted by molar-refractivity contribution is 0.252. The van der Waals surface area contributed by atoms with Gasteiger partial charge in [-0.25, -0.2) is 9.18 Å². The largest absolute Gasteiger partial charge is 0.338 e. The smallest absolute Gasteiger partial charge is 0.319 e. The first-order valence-corrected chi connectivity index (χ1v) is 5.53. The standard InChI is InChI=1S/C12H17FN2O/c1-2-3-6-9-14-12(16)15-11-8-5-4-7-10(11)13/h4-5,7-8H,2-3,6,9H2,1H3,(H2,14,15,16). The highest BCUT2D eigenvalue weighted by Gasteiger charge is 2.04. The lowest BCUT2D eigenvalue weighted by Gasteiger charge is -2.07. The first kappa shape index (κ1) is 12.5. The second-order valence-corrected chi connectivity index (χ2v) is 3.57. The van der Waals surface area contributed by atoms with Crippen molar-refractivity contribution in [3.63, 3.8) is 0 Å². The minimum Gasteiger partial charge on any atom is -0.338 e. The van der Waals surface area contributed by atoms with Gasteiger partial charge in [0.15, 0.2) is 0 Å². The Bertz CT molecular complexity index is 342. The number of carbonyl (C=O) groups is 1. The predicted octanol–water partition coefficient (Wildman–Crippen LogP) is 3.14. The maximum Gasteiger partial charge on any atom is 0.319 e. The van der Waals surface area contributed by atoms with Crippen molar-refractivity contribution >= 4 is 11.7 Å². The zero-order valence-electron chi connectivity index (χ0n) is 9.42. The fourth-order valence-corrected chi connectivity index (χ4v) is 1.31. The topological polar surface area (TPSA) is 41.1 Å². The summed E-state index contributed by atoms with van der Waals surface area (Å²) in [5, 5.41) is 5.14. The van der Waals surface area contributed by atoms with E-state index in [9.17, 15) is 9.18 Å². The van der Waals surface area contributed by atoms with Crippen molar-refractivity contribution in [1.82, 2.24) is 5.32 Å². The van der Waals surface area contributed by atoms with Gasteiger partial charge in [-0.1, -0.05) is 31.9 Å². The Balaban J connectivity index is 2.32. The number of amides is 2. The lowest BCUT2D eigenvalue weighted by Crippen LogP contribution is -2.29. The van der Waals surface area contributed by atoms with E-state index in [4.69, 9.17) is 0 Å². The van der Waals surface area contributed by atoms with Gasteiger partial charge in [-0.05, 0) is 18.6 Å². The number of urea groups is 1. The van der Waals surface area contributed by atoms with Crippen LogP contribution in [0.5, 0.6) is 0 Å². The van der Waals surface area contributed by atoms with Crippen LogP contribution in [0, 0.1) is 5.82 Å². The number of unbranched alkanes of at least 4 members (excludes halogenated alkanes) is 2. The molecule has 2 N–H and O–H groups in total. The van der Waals surface area contributed by atoms with Crippen LogP contribution < -0.4 is 10.6 Å². The fraction of sp³-hybridized carbons (Fsp3) is 0.417. The molecule has 1 aromatic carbocycles. The molecule has 2 amide bonds. The average molecular weight is 224 g/mol. The Morgan fingerprint density at radius 1 is 1.31 bits per heavy atom. The van der Waals surface area contributed by atoms with E-state index in [-0.39, 0.29) is 11.7 Å². The summed E-state index contributed by atoms with van der Waals surface area (Å²) in [6.07, 6.45) is 3.14. The first-order valence-electron chi connectivity index (χ1n) is 5.53. The third kappa shape index (κ3) is 4.29. The van der Waals surface area contributed by atoms with Crippen LogP contribution in [0.25, 0.3) is 0 Å². The molecule has 0 aliphatic heterocycles. The van der Waals surface area contributed by atoms with E-state index in [1.807, 2.05) is 0 Å². The van der Waals surface area contributed by atoms with Gasteiger partial charge in [0.1, 0.15) is 5.82 Å². The highest BCUT2D eigenvalue weighted by molar-refractivity contribution is 5.89. The van der Waals surface area contributed by atoms with Crippen molar-refractivity contribution in [2.75, 3.05) is 11.9 Å². The maximum absolute atomic E-state index is 13.2. The summed E-state index contributed by atoms with van der Waals surface area (Å²) in [6.45, 7) is 2.72. The third-order valence-corrected chi connectivity index (χ3v) is 2.19. The van der Waals surface area contributed by atoms with Crippen molar-refractivity contribution in [1.29, 1.82) is 0 Å². The van der Waals surface area contributed by atoms with E-state index in [2.05, 4.69) is 17.6 Å². The van der Waals surface area contributed by atoms with E-state index in [1.165, 1.54) is 12.1 Å². The zero-order chi connectivity index (χ0) is 11.8. The molecule has 1 aromatic rings. The van der Waals surface area contributed by atoms with Crippen LogP contribution in [0.2, 0.25) is 0 Å². The lowest BCUT2D eigenvalue weighted by atomic mass is 10.2. The Labute approximate surface area is 95.0 Å². The summed E-state index contributed by atoms with van der Waals surface area (Å²) in [7, 11) is 0. The van der Waals surface area contributed by atoms with E-state index in [0.29, 0.717) is 6.54 Å². The predicted molar refractivity (Wildman–Crippen MR) is 62.9 cm³/mol. The molecule has 16 heavy (non-hydrogen) atoms. The quantitative estimate of drug-likeness (QED) is 0.741. The Kier molecular flexibility index (Phi) is 5.32. The fourth-order valence-electron chi connectivity index (χ4n) is 1.31. The second-order valence-electron chi connectivity index (χ2n) is 3.57. The van der Waals surface area contributed by atoms with Gasteiger partial charge in [-0.15, -0.1) is 0 Å². The van der Waals surface area contributed by atoms with Gasteiger partial charge in [-0.3, -0.25) is 0 Å². The maximum atomic E-state index is 13.2. The highest BCUT2D eigenvalue weighted by atomic mass is 19.1. The van der Waals surface area contributed by atoms with Gasteiger partial charge in [0.2, 0.25) is 0 Å². The average Bonchev–Trinajstić information content (AvgIpc) is 2.28. The van der Waals surface area contributed by atoms with Crippen LogP contribution >= 0.6 is 0 Å². The molecule has 0 saturated heterocycles. The summed E-state index contributed by atoms with van der Waals surface area (Å²) in [5.74, 6) is -0.425. The van der Waals surface area contributed by atoms with Gasteiger partial charge in [0.05, 0.1) is 5.69 Å². The van der Waals surface area contributed by atoms with Gasteiger partial charge < -0.3 is 10.6 Å².